The molecule has 0 aliphatic heterocycles. The van der Waals surface area contributed by atoms with Gasteiger partial charge < -0.3 is 4.90 Å². The van der Waals surface area contributed by atoms with Crippen molar-refractivity contribution >= 4 is 38.9 Å². The van der Waals surface area contributed by atoms with Gasteiger partial charge in [0.15, 0.2) is 0 Å². The first-order chi connectivity index (χ1) is 11.5. The van der Waals surface area contributed by atoms with E-state index in [4.69, 9.17) is 11.6 Å². The highest BCUT2D eigenvalue weighted by Crippen LogP contribution is 2.25. The number of thiophene rings is 1. The van der Waals surface area contributed by atoms with Crippen LogP contribution in [-0.4, -0.2) is 31.8 Å². The summed E-state index contributed by atoms with van der Waals surface area (Å²) in [4.78, 5) is 15.1. The Balaban J connectivity index is 2.30. The molecule has 0 saturated heterocycles. The van der Waals surface area contributed by atoms with Crippen LogP contribution < -0.4 is 4.72 Å². The number of nitrogens with zero attached hydrogens (tertiary/aromatic N) is 1. The summed E-state index contributed by atoms with van der Waals surface area (Å²) >= 11 is 7.63. The highest BCUT2D eigenvalue weighted by atomic mass is 35.5. The summed E-state index contributed by atoms with van der Waals surface area (Å²) < 4.78 is 27.7. The third kappa shape index (κ3) is 5.28. The van der Waals surface area contributed by atoms with Crippen LogP contribution in [0.5, 0.6) is 0 Å². The molecule has 0 radical (unpaired) electrons. The van der Waals surface area contributed by atoms with Gasteiger partial charge >= 0.3 is 0 Å². The lowest BCUT2D eigenvalue weighted by Gasteiger charge is -2.21. The second kappa shape index (κ2) is 7.45. The molecule has 1 heterocycles. The van der Waals surface area contributed by atoms with Crippen molar-refractivity contribution in [1.82, 2.24) is 9.62 Å². The van der Waals surface area contributed by atoms with Crippen molar-refractivity contribution in [2.24, 2.45) is 0 Å². The Hall–Kier alpha value is -1.41. The summed E-state index contributed by atoms with van der Waals surface area (Å²) in [5, 5.41) is 2.02. The minimum absolute atomic E-state index is 0.0780. The molecule has 1 aromatic carbocycles. The maximum absolute atomic E-state index is 12.6. The fourth-order valence-corrected chi connectivity index (χ4v) is 4.93. The molecule has 0 atom stereocenters. The first-order valence-electron chi connectivity index (χ1n) is 7.61. The van der Waals surface area contributed by atoms with Crippen LogP contribution >= 0.6 is 22.9 Å². The van der Waals surface area contributed by atoms with Crippen molar-refractivity contribution in [2.75, 3.05) is 7.05 Å². The maximum Gasteiger partial charge on any atom is 0.253 e. The van der Waals surface area contributed by atoms with Crippen LogP contribution in [0.1, 0.15) is 36.0 Å². The van der Waals surface area contributed by atoms with E-state index in [1.807, 2.05) is 17.5 Å². The summed E-state index contributed by atoms with van der Waals surface area (Å²) in [5.41, 5.74) is -0.379. The average Bonchev–Trinajstić information content (AvgIpc) is 2.97. The van der Waals surface area contributed by atoms with Crippen molar-refractivity contribution in [3.63, 3.8) is 0 Å². The van der Waals surface area contributed by atoms with Gasteiger partial charge in [0.25, 0.3) is 5.91 Å². The number of rotatable bonds is 5. The summed E-state index contributed by atoms with van der Waals surface area (Å²) in [7, 11) is -2.15. The summed E-state index contributed by atoms with van der Waals surface area (Å²) in [6.45, 7) is 5.67. The van der Waals surface area contributed by atoms with Crippen LogP contribution in [0.2, 0.25) is 5.02 Å². The molecule has 8 heteroatoms. The maximum atomic E-state index is 12.6. The van der Waals surface area contributed by atoms with Gasteiger partial charge in [-0.3, -0.25) is 4.79 Å². The topological polar surface area (TPSA) is 66.5 Å². The number of benzene rings is 1. The Morgan fingerprint density at radius 2 is 1.96 bits per heavy atom. The minimum atomic E-state index is -3.83. The number of hydrogen-bond acceptors (Lipinski definition) is 4. The normalized spacial score (nSPS) is 12.2. The minimum Gasteiger partial charge on any atom is -0.337 e. The zero-order valence-corrected chi connectivity index (χ0v) is 16.9. The van der Waals surface area contributed by atoms with E-state index < -0.39 is 15.6 Å². The molecule has 136 valence electrons. The number of amides is 1. The predicted molar refractivity (Wildman–Crippen MR) is 102 cm³/mol. The lowest BCUT2D eigenvalue weighted by Crippen LogP contribution is -2.40. The van der Waals surface area contributed by atoms with E-state index in [0.29, 0.717) is 6.54 Å². The second-order valence-corrected chi connectivity index (χ2v) is 9.83. The van der Waals surface area contributed by atoms with Gasteiger partial charge in [-0.15, -0.1) is 11.3 Å². The Labute approximate surface area is 157 Å². The number of nitrogens with one attached hydrogen (secondary N) is 1. The molecular formula is C17H21ClN2O3S2. The molecule has 0 fully saturated rings. The molecule has 0 spiro atoms. The van der Waals surface area contributed by atoms with Crippen LogP contribution in [0, 0.1) is 0 Å². The summed E-state index contributed by atoms with van der Waals surface area (Å²) in [6, 6.07) is 8.16. The molecule has 1 amide bonds. The fourth-order valence-electron chi connectivity index (χ4n) is 2.23. The van der Waals surface area contributed by atoms with E-state index in [0.717, 1.165) is 4.88 Å². The van der Waals surface area contributed by atoms with Crippen molar-refractivity contribution < 1.29 is 13.2 Å². The van der Waals surface area contributed by atoms with Crippen LogP contribution in [0.4, 0.5) is 0 Å². The first-order valence-corrected chi connectivity index (χ1v) is 10.3. The van der Waals surface area contributed by atoms with Crippen LogP contribution in [0.25, 0.3) is 0 Å². The van der Waals surface area contributed by atoms with E-state index in [9.17, 15) is 13.2 Å². The van der Waals surface area contributed by atoms with Gasteiger partial charge in [-0.1, -0.05) is 17.7 Å². The van der Waals surface area contributed by atoms with Gasteiger partial charge in [0.2, 0.25) is 10.0 Å². The van der Waals surface area contributed by atoms with Crippen LogP contribution in [0.3, 0.4) is 0 Å². The third-order valence-electron chi connectivity index (χ3n) is 3.23. The van der Waals surface area contributed by atoms with E-state index >= 15 is 0 Å². The highest BCUT2D eigenvalue weighted by molar-refractivity contribution is 7.89. The molecule has 2 aromatic rings. The summed E-state index contributed by atoms with van der Waals surface area (Å²) in [5.74, 6) is -0.266. The van der Waals surface area contributed by atoms with Crippen molar-refractivity contribution in [1.29, 1.82) is 0 Å². The number of hydrogen-bond donors (Lipinski definition) is 1. The van der Waals surface area contributed by atoms with Crippen molar-refractivity contribution in [2.45, 2.75) is 37.8 Å². The Kier molecular flexibility index (Phi) is 5.93. The lowest BCUT2D eigenvalue weighted by atomic mass is 10.1. The quantitative estimate of drug-likeness (QED) is 0.831. The molecule has 25 heavy (non-hydrogen) atoms. The smallest absolute Gasteiger partial charge is 0.253 e. The van der Waals surface area contributed by atoms with Gasteiger partial charge in [0, 0.05) is 23.0 Å². The third-order valence-corrected chi connectivity index (χ3v) is 6.33. The predicted octanol–water partition coefficient (Wildman–Crippen LogP) is 3.75. The Morgan fingerprint density at radius 1 is 1.28 bits per heavy atom. The monoisotopic (exact) mass is 400 g/mol. The number of carbonyl (C=O) groups excluding carboxylic acids is 1. The van der Waals surface area contributed by atoms with Gasteiger partial charge in [0.05, 0.1) is 11.6 Å². The zero-order valence-electron chi connectivity index (χ0n) is 14.5. The zero-order chi connectivity index (χ0) is 18.8. The molecular weight excluding hydrogens is 380 g/mol. The van der Waals surface area contributed by atoms with Crippen LogP contribution in [0.15, 0.2) is 40.6 Å². The van der Waals surface area contributed by atoms with Crippen LogP contribution in [-0.2, 0) is 16.6 Å². The molecule has 2 rings (SSSR count). The second-order valence-electron chi connectivity index (χ2n) is 6.74. The van der Waals surface area contributed by atoms with Gasteiger partial charge in [-0.05, 0) is 50.4 Å². The number of halogens is 1. The standard InChI is InChI=1S/C17H21ClN2O3S2/c1-17(2,3)19-25(22,23)15-10-12(7-8-14(15)18)16(21)20(4)11-13-6-5-9-24-13/h5-10,19H,11H2,1-4H3. The lowest BCUT2D eigenvalue weighted by molar-refractivity contribution is 0.0786. The SMILES string of the molecule is CN(Cc1cccs1)C(=O)c1ccc(Cl)c(S(=O)(=O)NC(C)(C)C)c1. The van der Waals surface area contributed by atoms with E-state index in [2.05, 4.69) is 4.72 Å². The number of carbonyl (C=O) groups is 1. The molecule has 0 aliphatic carbocycles. The number of sulfonamides is 1. The summed E-state index contributed by atoms with van der Waals surface area (Å²) in [6.07, 6.45) is 0. The first kappa shape index (κ1) is 19.9. The van der Waals surface area contributed by atoms with E-state index in [-0.39, 0.29) is 21.4 Å². The largest absolute Gasteiger partial charge is 0.337 e. The molecule has 0 unspecified atom stereocenters. The van der Waals surface area contributed by atoms with Gasteiger partial charge in [-0.2, -0.15) is 0 Å². The van der Waals surface area contributed by atoms with Crippen molar-refractivity contribution in [3.05, 3.63) is 51.2 Å². The van der Waals surface area contributed by atoms with Gasteiger partial charge in [-0.25, -0.2) is 13.1 Å². The van der Waals surface area contributed by atoms with E-state index in [1.165, 1.54) is 18.2 Å². The molecule has 5 nitrogen and oxygen atoms in total. The van der Waals surface area contributed by atoms with Crippen molar-refractivity contribution in [3.8, 4) is 0 Å². The fraction of sp³-hybridized carbons (Fsp3) is 0.353. The molecule has 0 bridgehead atoms. The average molecular weight is 401 g/mol. The highest BCUT2D eigenvalue weighted by Gasteiger charge is 2.26. The Morgan fingerprint density at radius 3 is 2.52 bits per heavy atom. The molecule has 0 aliphatic rings. The molecule has 0 saturated carbocycles. The molecule has 1 aromatic heterocycles. The molecule has 1 N–H and O–H groups in total. The van der Waals surface area contributed by atoms with E-state index in [1.54, 1.807) is 44.1 Å². The Bertz CT molecular complexity index is 857. The van der Waals surface area contributed by atoms with Gasteiger partial charge in [0.1, 0.15) is 4.90 Å².